The predicted octanol–water partition coefficient (Wildman–Crippen LogP) is 1.85. The zero-order valence-corrected chi connectivity index (χ0v) is 9.59. The second kappa shape index (κ2) is 3.84. The molecule has 1 amide bonds. The fraction of sp³-hybridized carbons (Fsp3) is 0.417. The average molecular weight is 231 g/mol. The summed E-state index contributed by atoms with van der Waals surface area (Å²) in [7, 11) is 1.86. The summed E-state index contributed by atoms with van der Waals surface area (Å²) in [6.07, 6.45) is 3.43. The Bertz CT molecular complexity index is 560. The van der Waals surface area contributed by atoms with Gasteiger partial charge in [0.2, 0.25) is 0 Å². The first-order valence-electron chi connectivity index (χ1n) is 5.75. The normalized spacial score (nSPS) is 15.8. The molecule has 5 heteroatoms. The van der Waals surface area contributed by atoms with Crippen molar-refractivity contribution in [3.8, 4) is 0 Å². The van der Waals surface area contributed by atoms with Crippen molar-refractivity contribution in [3.05, 3.63) is 23.8 Å². The van der Waals surface area contributed by atoms with Gasteiger partial charge in [-0.25, -0.2) is 4.63 Å². The van der Waals surface area contributed by atoms with Gasteiger partial charge in [0.1, 0.15) is 11.0 Å². The summed E-state index contributed by atoms with van der Waals surface area (Å²) in [6, 6.07) is 5.65. The summed E-state index contributed by atoms with van der Waals surface area (Å²) in [5.74, 6) is 0.0413. The zero-order chi connectivity index (χ0) is 11.8. The van der Waals surface area contributed by atoms with Gasteiger partial charge in [0.05, 0.1) is 0 Å². The number of aromatic nitrogens is 2. The lowest BCUT2D eigenvalue weighted by atomic mass is 9.91. The highest BCUT2D eigenvalue weighted by molar-refractivity contribution is 5.97. The molecule has 1 saturated carbocycles. The molecule has 0 spiro atoms. The van der Waals surface area contributed by atoms with Crippen LogP contribution in [0.15, 0.2) is 22.8 Å². The summed E-state index contributed by atoms with van der Waals surface area (Å²) in [5.41, 5.74) is 1.94. The third-order valence-electron chi connectivity index (χ3n) is 3.44. The molecular weight excluding hydrogens is 218 g/mol. The minimum absolute atomic E-state index is 0.0413. The van der Waals surface area contributed by atoms with Gasteiger partial charge in [0.25, 0.3) is 5.91 Å². The van der Waals surface area contributed by atoms with E-state index >= 15 is 0 Å². The summed E-state index contributed by atoms with van der Waals surface area (Å²) < 4.78 is 4.62. The van der Waals surface area contributed by atoms with Crippen molar-refractivity contribution in [2.24, 2.45) is 0 Å². The Balaban J connectivity index is 1.88. The second-order valence-corrected chi connectivity index (χ2v) is 4.47. The van der Waals surface area contributed by atoms with Crippen LogP contribution in [0.2, 0.25) is 0 Å². The molecule has 88 valence electrons. The Hall–Kier alpha value is -1.91. The lowest BCUT2D eigenvalue weighted by Crippen LogP contribution is -2.41. The molecule has 1 aliphatic rings. The largest absolute Gasteiger partial charge is 0.339 e. The molecule has 0 radical (unpaired) electrons. The van der Waals surface area contributed by atoms with Crippen molar-refractivity contribution in [2.75, 3.05) is 7.05 Å². The first-order chi connectivity index (χ1) is 8.25. The van der Waals surface area contributed by atoms with E-state index in [1.165, 1.54) is 6.42 Å². The number of nitrogens with zero attached hydrogens (tertiary/aromatic N) is 3. The van der Waals surface area contributed by atoms with E-state index in [1.54, 1.807) is 18.2 Å². The van der Waals surface area contributed by atoms with Crippen LogP contribution in [-0.2, 0) is 0 Å². The smallest absolute Gasteiger partial charge is 0.253 e. The van der Waals surface area contributed by atoms with E-state index in [0.717, 1.165) is 12.8 Å². The van der Waals surface area contributed by atoms with Crippen LogP contribution in [0.25, 0.3) is 11.0 Å². The molecular formula is C12H13N3O2. The third-order valence-corrected chi connectivity index (χ3v) is 3.44. The van der Waals surface area contributed by atoms with E-state index in [4.69, 9.17) is 0 Å². The van der Waals surface area contributed by atoms with Crippen LogP contribution >= 0.6 is 0 Å². The molecule has 0 bridgehead atoms. The van der Waals surface area contributed by atoms with Gasteiger partial charge in [-0.15, -0.1) is 0 Å². The maximum atomic E-state index is 12.2. The summed E-state index contributed by atoms with van der Waals surface area (Å²) in [6.45, 7) is 0. The number of hydrogen-bond donors (Lipinski definition) is 0. The number of rotatable bonds is 2. The van der Waals surface area contributed by atoms with Gasteiger partial charge in [-0.2, -0.15) is 0 Å². The first kappa shape index (κ1) is 10.3. The van der Waals surface area contributed by atoms with Gasteiger partial charge in [0.15, 0.2) is 0 Å². The molecule has 17 heavy (non-hydrogen) atoms. The Morgan fingerprint density at radius 2 is 2.12 bits per heavy atom. The van der Waals surface area contributed by atoms with Crippen molar-refractivity contribution in [1.29, 1.82) is 0 Å². The quantitative estimate of drug-likeness (QED) is 0.791. The van der Waals surface area contributed by atoms with Crippen LogP contribution < -0.4 is 0 Å². The van der Waals surface area contributed by atoms with Crippen LogP contribution in [0.3, 0.4) is 0 Å². The lowest BCUT2D eigenvalue weighted by molar-refractivity contribution is 0.0652. The predicted molar refractivity (Wildman–Crippen MR) is 61.5 cm³/mol. The topological polar surface area (TPSA) is 59.2 Å². The van der Waals surface area contributed by atoms with Crippen molar-refractivity contribution < 1.29 is 9.42 Å². The van der Waals surface area contributed by atoms with E-state index < -0.39 is 0 Å². The van der Waals surface area contributed by atoms with Crippen LogP contribution in [0.1, 0.15) is 29.6 Å². The molecule has 0 aliphatic heterocycles. The maximum absolute atomic E-state index is 12.2. The monoisotopic (exact) mass is 231 g/mol. The minimum atomic E-state index is 0.0413. The standard InChI is InChI=1S/C12H13N3O2/c1-15(9-3-2-4-9)12(16)8-5-6-10-11(7-8)14-17-13-10/h5-7,9H,2-4H2,1H3. The third kappa shape index (κ3) is 1.67. The SMILES string of the molecule is CN(C(=O)c1ccc2nonc2c1)C1CCC1. The Morgan fingerprint density at radius 1 is 1.35 bits per heavy atom. The summed E-state index contributed by atoms with van der Waals surface area (Å²) in [5, 5.41) is 7.46. The van der Waals surface area contributed by atoms with Crippen LogP contribution in [-0.4, -0.2) is 34.2 Å². The summed E-state index contributed by atoms with van der Waals surface area (Å²) in [4.78, 5) is 14.0. The molecule has 1 aliphatic carbocycles. The molecule has 0 atom stereocenters. The fourth-order valence-electron chi connectivity index (χ4n) is 2.06. The second-order valence-electron chi connectivity index (χ2n) is 4.47. The van der Waals surface area contributed by atoms with E-state index in [2.05, 4.69) is 14.9 Å². The van der Waals surface area contributed by atoms with Crippen molar-refractivity contribution >= 4 is 16.9 Å². The molecule has 0 saturated heterocycles. The van der Waals surface area contributed by atoms with Gasteiger partial charge in [-0.05, 0) is 47.8 Å². The lowest BCUT2D eigenvalue weighted by Gasteiger charge is -2.34. The highest BCUT2D eigenvalue weighted by atomic mass is 16.6. The van der Waals surface area contributed by atoms with Crippen molar-refractivity contribution in [2.45, 2.75) is 25.3 Å². The number of benzene rings is 1. The Kier molecular flexibility index (Phi) is 2.31. The average Bonchev–Trinajstić information content (AvgIpc) is 2.72. The number of fused-ring (bicyclic) bond motifs is 1. The number of hydrogen-bond acceptors (Lipinski definition) is 4. The van der Waals surface area contributed by atoms with Gasteiger partial charge < -0.3 is 4.90 Å². The van der Waals surface area contributed by atoms with Crippen LogP contribution in [0.4, 0.5) is 0 Å². The van der Waals surface area contributed by atoms with E-state index in [1.807, 2.05) is 11.9 Å². The van der Waals surface area contributed by atoms with Crippen molar-refractivity contribution in [1.82, 2.24) is 15.2 Å². The van der Waals surface area contributed by atoms with Crippen LogP contribution in [0, 0.1) is 0 Å². The molecule has 5 nitrogen and oxygen atoms in total. The maximum Gasteiger partial charge on any atom is 0.253 e. The van der Waals surface area contributed by atoms with E-state index in [0.29, 0.717) is 22.6 Å². The molecule has 1 aromatic heterocycles. The molecule has 3 rings (SSSR count). The Morgan fingerprint density at radius 3 is 2.82 bits per heavy atom. The van der Waals surface area contributed by atoms with Gasteiger partial charge >= 0.3 is 0 Å². The first-order valence-corrected chi connectivity index (χ1v) is 5.75. The van der Waals surface area contributed by atoms with Crippen LogP contribution in [0.5, 0.6) is 0 Å². The highest BCUT2D eigenvalue weighted by Crippen LogP contribution is 2.25. The summed E-state index contributed by atoms with van der Waals surface area (Å²) >= 11 is 0. The minimum Gasteiger partial charge on any atom is -0.339 e. The van der Waals surface area contributed by atoms with Gasteiger partial charge in [-0.1, -0.05) is 0 Å². The fourth-order valence-corrected chi connectivity index (χ4v) is 2.06. The molecule has 0 N–H and O–H groups in total. The molecule has 1 aromatic carbocycles. The Labute approximate surface area is 98.4 Å². The van der Waals surface area contributed by atoms with E-state index in [-0.39, 0.29) is 5.91 Å². The zero-order valence-electron chi connectivity index (χ0n) is 9.59. The van der Waals surface area contributed by atoms with E-state index in [9.17, 15) is 4.79 Å². The highest BCUT2D eigenvalue weighted by Gasteiger charge is 2.26. The molecule has 2 aromatic rings. The van der Waals surface area contributed by atoms with Crippen molar-refractivity contribution in [3.63, 3.8) is 0 Å². The number of carbonyl (C=O) groups excluding carboxylic acids is 1. The molecule has 0 unspecified atom stereocenters. The van der Waals surface area contributed by atoms with Gasteiger partial charge in [0, 0.05) is 18.7 Å². The van der Waals surface area contributed by atoms with Gasteiger partial charge in [-0.3, -0.25) is 4.79 Å². The molecule has 1 heterocycles. The number of carbonyl (C=O) groups is 1. The molecule has 1 fully saturated rings. The number of amides is 1.